The summed E-state index contributed by atoms with van der Waals surface area (Å²) in [6, 6.07) is 12.9. The van der Waals surface area contributed by atoms with Gasteiger partial charge in [0.1, 0.15) is 12.1 Å². The fourth-order valence-electron chi connectivity index (χ4n) is 4.89. The molecule has 0 unspecified atom stereocenters. The molecule has 1 atom stereocenters. The summed E-state index contributed by atoms with van der Waals surface area (Å²) in [5, 5.41) is 5.48. The van der Waals surface area contributed by atoms with E-state index < -0.39 is 40.0 Å². The van der Waals surface area contributed by atoms with Gasteiger partial charge in [0.25, 0.3) is 5.91 Å². The number of amides is 4. The van der Waals surface area contributed by atoms with Crippen molar-refractivity contribution in [3.8, 4) is 0 Å². The third-order valence-corrected chi connectivity index (χ3v) is 8.85. The normalized spacial score (nSPS) is 20.6. The number of anilines is 2. The second-order valence-electron chi connectivity index (χ2n) is 9.53. The van der Waals surface area contributed by atoms with Crippen LogP contribution < -0.4 is 15.5 Å². The van der Waals surface area contributed by atoms with Gasteiger partial charge in [-0.3, -0.25) is 14.5 Å². The first-order chi connectivity index (χ1) is 17.6. The molecule has 2 aliphatic heterocycles. The van der Waals surface area contributed by atoms with Crippen molar-refractivity contribution >= 4 is 39.2 Å². The van der Waals surface area contributed by atoms with Crippen molar-refractivity contribution in [2.45, 2.75) is 43.0 Å². The second-order valence-corrected chi connectivity index (χ2v) is 11.5. The van der Waals surface area contributed by atoms with Gasteiger partial charge in [0, 0.05) is 27.2 Å². The Morgan fingerprint density at radius 1 is 1.05 bits per heavy atom. The van der Waals surface area contributed by atoms with Gasteiger partial charge in [-0.2, -0.15) is 4.31 Å². The summed E-state index contributed by atoms with van der Waals surface area (Å²) >= 11 is 0. The molecular formula is C26H33N5O5S. The number of hydrogen-bond acceptors (Lipinski definition) is 6. The highest BCUT2D eigenvalue weighted by Gasteiger charge is 2.51. The van der Waals surface area contributed by atoms with E-state index >= 15 is 0 Å². The predicted octanol–water partition coefficient (Wildman–Crippen LogP) is 2.72. The van der Waals surface area contributed by atoms with Gasteiger partial charge in [0.15, 0.2) is 0 Å². The van der Waals surface area contributed by atoms with Crippen LogP contribution in [0.25, 0.3) is 0 Å². The zero-order chi connectivity index (χ0) is 26.8. The lowest BCUT2D eigenvalue weighted by Crippen LogP contribution is -2.44. The molecule has 0 aliphatic carbocycles. The third kappa shape index (κ3) is 5.05. The SMILES string of the molecule is CC[C@@]1(c2ccccc2)NC(=O)N(CC(=O)Nc2cc(S(=O)(=O)N3CCCCC3)ccc2N(C)C)C1=O. The van der Waals surface area contributed by atoms with Gasteiger partial charge in [-0.1, -0.05) is 43.7 Å². The van der Waals surface area contributed by atoms with Crippen LogP contribution in [0.2, 0.25) is 0 Å². The van der Waals surface area contributed by atoms with E-state index in [0.29, 0.717) is 30.8 Å². The molecule has 0 bridgehead atoms. The zero-order valence-corrected chi connectivity index (χ0v) is 22.2. The number of sulfonamides is 1. The van der Waals surface area contributed by atoms with Crippen molar-refractivity contribution in [2.75, 3.05) is 43.9 Å². The lowest BCUT2D eigenvalue weighted by atomic mass is 9.87. The van der Waals surface area contributed by atoms with Gasteiger partial charge < -0.3 is 15.5 Å². The Morgan fingerprint density at radius 3 is 2.35 bits per heavy atom. The van der Waals surface area contributed by atoms with E-state index in [1.807, 2.05) is 6.07 Å². The van der Waals surface area contributed by atoms with Crippen LogP contribution >= 0.6 is 0 Å². The minimum Gasteiger partial charge on any atom is -0.376 e. The number of carbonyl (C=O) groups is 3. The standard InChI is InChI=1S/C26H33N5O5S/c1-4-26(19-11-7-5-8-12-19)24(33)31(25(34)28-26)18-23(32)27-21-17-20(13-14-22(21)29(2)3)37(35,36)30-15-9-6-10-16-30/h5,7-8,11-14,17H,4,6,9-10,15-16,18H2,1-3H3,(H,27,32)(H,28,34)/t26-/m0/s1. The Kier molecular flexibility index (Phi) is 7.56. The van der Waals surface area contributed by atoms with E-state index in [9.17, 15) is 22.8 Å². The van der Waals surface area contributed by atoms with Crippen LogP contribution in [-0.4, -0.2) is 69.2 Å². The lowest BCUT2D eigenvalue weighted by Gasteiger charge is -2.27. The van der Waals surface area contributed by atoms with Gasteiger partial charge in [0.05, 0.1) is 16.3 Å². The molecule has 198 valence electrons. The molecule has 2 fully saturated rings. The van der Waals surface area contributed by atoms with Crippen LogP contribution in [0.1, 0.15) is 38.2 Å². The molecule has 2 aliphatic rings. The van der Waals surface area contributed by atoms with Crippen LogP contribution in [0.4, 0.5) is 16.2 Å². The number of rotatable bonds is 8. The molecule has 2 saturated heterocycles. The molecule has 2 aromatic rings. The van der Waals surface area contributed by atoms with Crippen molar-refractivity contribution < 1.29 is 22.8 Å². The van der Waals surface area contributed by atoms with Crippen molar-refractivity contribution in [1.29, 1.82) is 0 Å². The van der Waals surface area contributed by atoms with Gasteiger partial charge in [-0.15, -0.1) is 0 Å². The van der Waals surface area contributed by atoms with E-state index in [4.69, 9.17) is 0 Å². The number of hydrogen-bond donors (Lipinski definition) is 2. The van der Waals surface area contributed by atoms with Crippen LogP contribution in [0.15, 0.2) is 53.4 Å². The zero-order valence-electron chi connectivity index (χ0n) is 21.4. The second kappa shape index (κ2) is 10.5. The topological polar surface area (TPSA) is 119 Å². The lowest BCUT2D eigenvalue weighted by molar-refractivity contribution is -0.134. The molecule has 10 nitrogen and oxygen atoms in total. The average Bonchev–Trinajstić information content (AvgIpc) is 3.14. The molecule has 11 heteroatoms. The van der Waals surface area contributed by atoms with Gasteiger partial charge in [-0.05, 0) is 43.0 Å². The fraction of sp³-hybridized carbons (Fsp3) is 0.423. The Hall–Kier alpha value is -3.44. The smallest absolute Gasteiger partial charge is 0.325 e. The molecule has 0 spiro atoms. The van der Waals surface area contributed by atoms with Crippen molar-refractivity contribution in [1.82, 2.24) is 14.5 Å². The predicted molar refractivity (Wildman–Crippen MR) is 141 cm³/mol. The van der Waals surface area contributed by atoms with Gasteiger partial charge in [0.2, 0.25) is 15.9 Å². The summed E-state index contributed by atoms with van der Waals surface area (Å²) in [5.41, 5.74) is 0.278. The highest BCUT2D eigenvalue weighted by molar-refractivity contribution is 7.89. The van der Waals surface area contributed by atoms with Crippen molar-refractivity contribution in [3.05, 3.63) is 54.1 Å². The van der Waals surface area contributed by atoms with Crippen molar-refractivity contribution in [3.63, 3.8) is 0 Å². The number of benzene rings is 2. The number of carbonyl (C=O) groups excluding carboxylic acids is 3. The van der Waals surface area contributed by atoms with Gasteiger partial charge >= 0.3 is 6.03 Å². The monoisotopic (exact) mass is 527 g/mol. The van der Waals surface area contributed by atoms with E-state index in [2.05, 4.69) is 10.6 Å². The van der Waals surface area contributed by atoms with Crippen LogP contribution in [0, 0.1) is 0 Å². The van der Waals surface area contributed by atoms with Gasteiger partial charge in [-0.25, -0.2) is 13.2 Å². The summed E-state index contributed by atoms with van der Waals surface area (Å²) in [7, 11) is -0.168. The van der Waals surface area contributed by atoms with Crippen LogP contribution in [0.5, 0.6) is 0 Å². The van der Waals surface area contributed by atoms with Crippen LogP contribution in [-0.2, 0) is 25.2 Å². The molecule has 0 saturated carbocycles. The first-order valence-electron chi connectivity index (χ1n) is 12.4. The average molecular weight is 528 g/mol. The summed E-state index contributed by atoms with van der Waals surface area (Å²) in [6.45, 7) is 2.22. The largest absolute Gasteiger partial charge is 0.376 e. The van der Waals surface area contributed by atoms with E-state index in [1.165, 1.54) is 16.4 Å². The maximum atomic E-state index is 13.4. The molecule has 37 heavy (non-hydrogen) atoms. The minimum absolute atomic E-state index is 0.0827. The number of imide groups is 1. The summed E-state index contributed by atoms with van der Waals surface area (Å²) in [4.78, 5) is 41.9. The molecular weight excluding hydrogens is 494 g/mol. The Labute approximate surface area is 217 Å². The number of nitrogens with zero attached hydrogens (tertiary/aromatic N) is 3. The molecule has 0 aromatic heterocycles. The molecule has 4 rings (SSSR count). The quantitative estimate of drug-likeness (QED) is 0.510. The first-order valence-corrected chi connectivity index (χ1v) is 13.8. The summed E-state index contributed by atoms with van der Waals surface area (Å²) < 4.78 is 27.9. The molecule has 2 aromatic carbocycles. The van der Waals surface area contributed by atoms with Crippen LogP contribution in [0.3, 0.4) is 0 Å². The Morgan fingerprint density at radius 2 is 1.73 bits per heavy atom. The Bertz CT molecular complexity index is 1290. The highest BCUT2D eigenvalue weighted by Crippen LogP contribution is 2.33. The van der Waals surface area contributed by atoms with E-state index in [0.717, 1.165) is 24.2 Å². The first kappa shape index (κ1) is 26.6. The van der Waals surface area contributed by atoms with Crippen molar-refractivity contribution in [2.24, 2.45) is 0 Å². The van der Waals surface area contributed by atoms with E-state index in [1.54, 1.807) is 56.3 Å². The van der Waals surface area contributed by atoms with E-state index in [-0.39, 0.29) is 10.6 Å². The molecule has 4 amide bonds. The highest BCUT2D eigenvalue weighted by atomic mass is 32.2. The third-order valence-electron chi connectivity index (χ3n) is 6.95. The number of urea groups is 1. The summed E-state index contributed by atoms with van der Waals surface area (Å²) in [5.74, 6) is -1.12. The maximum Gasteiger partial charge on any atom is 0.325 e. The number of piperidine rings is 1. The molecule has 0 radical (unpaired) electrons. The summed E-state index contributed by atoms with van der Waals surface area (Å²) in [6.07, 6.45) is 2.94. The fourth-order valence-corrected chi connectivity index (χ4v) is 6.43. The number of nitrogens with one attached hydrogen (secondary N) is 2. The molecule has 2 heterocycles. The minimum atomic E-state index is -3.72. The Balaban J connectivity index is 1.57. The maximum absolute atomic E-state index is 13.4. The molecule has 2 N–H and O–H groups in total.